The van der Waals surface area contributed by atoms with Gasteiger partial charge in [0.2, 0.25) is 6.33 Å². The van der Waals surface area contributed by atoms with Crippen LogP contribution in [0.3, 0.4) is 0 Å². The Balaban J connectivity index is 0.000000152. The van der Waals surface area contributed by atoms with Crippen LogP contribution in [0.5, 0.6) is 0 Å². The summed E-state index contributed by atoms with van der Waals surface area (Å²) in [4.78, 5) is 4.35. The van der Waals surface area contributed by atoms with Crippen LogP contribution >= 0.6 is 0 Å². The Hall–Kier alpha value is -5.20. The third kappa shape index (κ3) is 4.45. The fourth-order valence-corrected chi connectivity index (χ4v) is 4.56. The van der Waals surface area contributed by atoms with E-state index in [-0.39, 0.29) is 0 Å². The quantitative estimate of drug-likeness (QED) is 0.292. The summed E-state index contributed by atoms with van der Waals surface area (Å²) in [5, 5.41) is 18.5. The summed E-state index contributed by atoms with van der Waals surface area (Å²) in [6, 6.07) is 32.3. The van der Waals surface area contributed by atoms with E-state index in [1.54, 1.807) is 6.33 Å². The van der Waals surface area contributed by atoms with Gasteiger partial charge >= 0.3 is 0 Å². The van der Waals surface area contributed by atoms with E-state index < -0.39 is 0 Å². The maximum atomic E-state index is 9.30. The van der Waals surface area contributed by atoms with Crippen LogP contribution in [-0.4, -0.2) is 14.1 Å². The number of para-hydroxylation sites is 2. The van der Waals surface area contributed by atoms with Gasteiger partial charge in [-0.2, -0.15) is 15.1 Å². The summed E-state index contributed by atoms with van der Waals surface area (Å²) in [5.41, 5.74) is 9.56. The fraction of sp³-hybridized carbons (Fsp3) is 0.0968. The van der Waals surface area contributed by atoms with Gasteiger partial charge in [0.15, 0.2) is 11.0 Å². The van der Waals surface area contributed by atoms with Crippen LogP contribution in [0.1, 0.15) is 22.3 Å². The standard InChI is InChI=1S/C16H14N3.C15H11N3/c1-12-5-3-7-14(9-12)19-11-18(2)15-8-4-6-13(10-17)16(15)19;1-11-4-2-6-13(8-11)18-10-17-14-7-3-5-12(9-16)15(14)18/h3-9,11H,1-2H3;2-8,10H,1H3/q+1;. The van der Waals surface area contributed by atoms with Crippen molar-refractivity contribution < 1.29 is 4.57 Å². The molecule has 0 spiro atoms. The number of hydrogen-bond donors (Lipinski definition) is 0. The number of hydrogen-bond acceptors (Lipinski definition) is 3. The minimum Gasteiger partial charge on any atom is -0.298 e. The van der Waals surface area contributed by atoms with Gasteiger partial charge in [0, 0.05) is 5.69 Å². The van der Waals surface area contributed by atoms with Crippen molar-refractivity contribution in [2.24, 2.45) is 7.05 Å². The SMILES string of the molecule is Cc1cccc(-n2c[n+](C)c3cccc(C#N)c32)c1.Cc1cccc(-n2cnc3cccc(C#N)c32)c1. The van der Waals surface area contributed by atoms with Crippen LogP contribution in [0.15, 0.2) is 97.6 Å². The highest BCUT2D eigenvalue weighted by Crippen LogP contribution is 2.22. The first-order valence-electron chi connectivity index (χ1n) is 11.9. The summed E-state index contributed by atoms with van der Waals surface area (Å²) in [6.07, 6.45) is 3.78. The minimum absolute atomic E-state index is 0.645. The fourth-order valence-electron chi connectivity index (χ4n) is 4.56. The van der Waals surface area contributed by atoms with Gasteiger partial charge in [0.1, 0.15) is 29.7 Å². The molecule has 0 fully saturated rings. The van der Waals surface area contributed by atoms with Crippen LogP contribution in [0.2, 0.25) is 0 Å². The lowest BCUT2D eigenvalue weighted by Gasteiger charge is -2.06. The molecule has 0 atom stereocenters. The molecule has 0 bridgehead atoms. The van der Waals surface area contributed by atoms with Crippen LogP contribution < -0.4 is 4.57 Å². The first-order chi connectivity index (χ1) is 18.0. The second-order valence-electron chi connectivity index (χ2n) is 8.96. The molecular weight excluding hydrogens is 456 g/mol. The van der Waals surface area contributed by atoms with E-state index in [4.69, 9.17) is 0 Å². The Labute approximate surface area is 215 Å². The topological polar surface area (TPSA) is 74.2 Å². The van der Waals surface area contributed by atoms with Crippen molar-refractivity contribution in [3.8, 4) is 23.5 Å². The molecule has 0 saturated carbocycles. The molecule has 0 aliphatic heterocycles. The van der Waals surface area contributed by atoms with Crippen LogP contribution in [0, 0.1) is 36.5 Å². The summed E-state index contributed by atoms with van der Waals surface area (Å²) in [6.45, 7) is 4.12. The maximum Gasteiger partial charge on any atom is 0.249 e. The van der Waals surface area contributed by atoms with Crippen molar-refractivity contribution in [3.05, 3.63) is 120 Å². The number of rotatable bonds is 2. The lowest BCUT2D eigenvalue weighted by Crippen LogP contribution is -2.25. The molecule has 0 radical (unpaired) electrons. The molecule has 0 saturated heterocycles. The van der Waals surface area contributed by atoms with Gasteiger partial charge in [-0.3, -0.25) is 4.57 Å². The largest absolute Gasteiger partial charge is 0.298 e. The van der Waals surface area contributed by atoms with Crippen molar-refractivity contribution in [1.82, 2.24) is 14.1 Å². The molecule has 0 N–H and O–H groups in total. The smallest absolute Gasteiger partial charge is 0.249 e. The van der Waals surface area contributed by atoms with Crippen molar-refractivity contribution in [3.63, 3.8) is 0 Å². The molecular formula is C31H25N6+. The van der Waals surface area contributed by atoms with Crippen LogP contribution in [0.25, 0.3) is 33.4 Å². The number of imidazole rings is 2. The minimum atomic E-state index is 0.645. The molecule has 2 aromatic heterocycles. The van der Waals surface area contributed by atoms with Gasteiger partial charge in [0.05, 0.1) is 23.6 Å². The Kier molecular flexibility index (Phi) is 6.24. The average molecular weight is 482 g/mol. The molecule has 6 nitrogen and oxygen atoms in total. The van der Waals surface area contributed by atoms with Crippen LogP contribution in [0.4, 0.5) is 0 Å². The van der Waals surface area contributed by atoms with E-state index >= 15 is 0 Å². The lowest BCUT2D eigenvalue weighted by molar-refractivity contribution is -0.645. The first kappa shape index (κ1) is 23.5. The second-order valence-corrected chi connectivity index (χ2v) is 8.96. The number of nitriles is 2. The molecule has 4 aromatic carbocycles. The van der Waals surface area contributed by atoms with Gasteiger partial charge in [-0.1, -0.05) is 36.4 Å². The zero-order valence-electron chi connectivity index (χ0n) is 20.9. The van der Waals surface area contributed by atoms with Gasteiger partial charge < -0.3 is 0 Å². The first-order valence-corrected chi connectivity index (χ1v) is 11.9. The zero-order chi connectivity index (χ0) is 25.9. The molecule has 6 heteroatoms. The van der Waals surface area contributed by atoms with Gasteiger partial charge in [-0.05, 0) is 73.5 Å². The van der Waals surface area contributed by atoms with Crippen molar-refractivity contribution in [2.75, 3.05) is 0 Å². The lowest BCUT2D eigenvalue weighted by atomic mass is 10.2. The van der Waals surface area contributed by atoms with E-state index in [9.17, 15) is 10.5 Å². The predicted molar refractivity (Wildman–Crippen MR) is 144 cm³/mol. The molecule has 2 heterocycles. The molecule has 6 rings (SSSR count). The van der Waals surface area contributed by atoms with Crippen LogP contribution in [-0.2, 0) is 7.05 Å². The molecule has 0 aliphatic carbocycles. The molecule has 37 heavy (non-hydrogen) atoms. The molecule has 0 amide bonds. The highest BCUT2D eigenvalue weighted by atomic mass is 15.1. The van der Waals surface area contributed by atoms with Gasteiger partial charge in [-0.15, -0.1) is 0 Å². The van der Waals surface area contributed by atoms with Gasteiger partial charge in [0.25, 0.3) is 0 Å². The summed E-state index contributed by atoms with van der Waals surface area (Å²) >= 11 is 0. The van der Waals surface area contributed by atoms with E-state index in [1.165, 1.54) is 11.1 Å². The molecule has 178 valence electrons. The third-order valence-corrected chi connectivity index (χ3v) is 6.29. The van der Waals surface area contributed by atoms with E-state index in [0.717, 1.165) is 33.4 Å². The van der Waals surface area contributed by atoms with Crippen molar-refractivity contribution in [2.45, 2.75) is 13.8 Å². The van der Waals surface area contributed by atoms with E-state index in [2.05, 4.69) is 52.9 Å². The Bertz CT molecular complexity index is 1840. The van der Waals surface area contributed by atoms with E-state index in [0.29, 0.717) is 11.1 Å². The Morgan fingerprint density at radius 2 is 1.27 bits per heavy atom. The normalized spacial score (nSPS) is 10.5. The zero-order valence-corrected chi connectivity index (χ0v) is 20.9. The number of benzene rings is 4. The maximum absolute atomic E-state index is 9.30. The highest BCUT2D eigenvalue weighted by molar-refractivity contribution is 5.83. The monoisotopic (exact) mass is 481 g/mol. The van der Waals surface area contributed by atoms with Crippen molar-refractivity contribution in [1.29, 1.82) is 10.5 Å². The number of aryl methyl sites for hydroxylation is 3. The predicted octanol–water partition coefficient (Wildman–Crippen LogP) is 5.84. The Morgan fingerprint density at radius 3 is 1.89 bits per heavy atom. The second kappa shape index (κ2) is 9.81. The number of fused-ring (bicyclic) bond motifs is 2. The summed E-state index contributed by atoms with van der Waals surface area (Å²) in [5.74, 6) is 0. The summed E-state index contributed by atoms with van der Waals surface area (Å²) < 4.78 is 6.07. The van der Waals surface area contributed by atoms with Crippen molar-refractivity contribution >= 4 is 22.1 Å². The summed E-state index contributed by atoms with van der Waals surface area (Å²) in [7, 11) is 2.00. The van der Waals surface area contributed by atoms with Gasteiger partial charge in [-0.25, -0.2) is 9.55 Å². The molecule has 6 aromatic rings. The number of nitrogens with zero attached hydrogens (tertiary/aromatic N) is 6. The third-order valence-electron chi connectivity index (χ3n) is 6.29. The Morgan fingerprint density at radius 1 is 0.703 bits per heavy atom. The molecule has 0 unspecified atom stereocenters. The molecule has 0 aliphatic rings. The highest BCUT2D eigenvalue weighted by Gasteiger charge is 2.18. The average Bonchev–Trinajstić information content (AvgIpc) is 3.50. The number of aromatic nitrogens is 4. The van der Waals surface area contributed by atoms with E-state index in [1.807, 2.05) is 90.1 Å².